The van der Waals surface area contributed by atoms with Crippen molar-refractivity contribution in [3.8, 4) is 0 Å². The molecule has 88 heavy (non-hydrogen) atoms. The van der Waals surface area contributed by atoms with Crippen molar-refractivity contribution < 1.29 is 138 Å². The van der Waals surface area contributed by atoms with Crippen LogP contribution in [0.5, 0.6) is 0 Å². The summed E-state index contributed by atoms with van der Waals surface area (Å²) in [5.74, 6) is -7.56. The zero-order chi connectivity index (χ0) is 65.3. The van der Waals surface area contributed by atoms with Crippen molar-refractivity contribution in [1.82, 2.24) is 36.4 Å². The maximum Gasteiger partial charge on any atom is 0.246 e. The van der Waals surface area contributed by atoms with Gasteiger partial charge >= 0.3 is 0 Å². The summed E-state index contributed by atoms with van der Waals surface area (Å²) < 4.78 is 47.4. The summed E-state index contributed by atoms with van der Waals surface area (Å²) in [5.41, 5.74) is 5.33. The molecule has 8 amide bonds. The molecular weight excluding hydrogens is 1180 g/mol. The van der Waals surface area contributed by atoms with Gasteiger partial charge in [0.05, 0.1) is 45.1 Å². The van der Waals surface area contributed by atoms with Crippen molar-refractivity contribution in [2.75, 3.05) is 46.1 Å². The molecule has 0 aromatic heterocycles. The van der Waals surface area contributed by atoms with Crippen LogP contribution >= 0.6 is 0 Å². The van der Waals surface area contributed by atoms with Gasteiger partial charge in [-0.25, -0.2) is 0 Å². The van der Waals surface area contributed by atoms with Gasteiger partial charge in [-0.1, -0.05) is 6.92 Å². The Balaban J connectivity index is 1.28. The molecule has 502 valence electrons. The van der Waals surface area contributed by atoms with E-state index in [1.165, 1.54) is 37.5 Å². The monoisotopic (exact) mass is 1270 g/mol. The molecule has 6 fully saturated rings. The number of carbonyl (C=O) groups excluding carboxylic acids is 8. The molecule has 36 nitrogen and oxygen atoms in total. The maximum absolute atomic E-state index is 14.6. The first-order chi connectivity index (χ1) is 41.5. The van der Waals surface area contributed by atoms with Gasteiger partial charge in [0.2, 0.25) is 47.3 Å². The molecule has 0 aromatic rings. The molecule has 36 heteroatoms. The number of carbonyl (C=O) groups is 8. The summed E-state index contributed by atoms with van der Waals surface area (Å²) in [4.78, 5) is 110. The van der Waals surface area contributed by atoms with Gasteiger partial charge < -0.3 is 141 Å². The highest BCUT2D eigenvalue weighted by atomic mass is 16.8. The predicted octanol–water partition coefficient (Wildman–Crippen LogP) is -11.5. The first kappa shape index (κ1) is 72.0. The second kappa shape index (κ2) is 31.8. The van der Waals surface area contributed by atoms with E-state index in [0.717, 1.165) is 13.8 Å². The van der Waals surface area contributed by atoms with Crippen molar-refractivity contribution in [2.24, 2.45) is 11.7 Å². The summed E-state index contributed by atoms with van der Waals surface area (Å²) in [6.07, 6.45) is -34.2. The number of aliphatic hydroxyl groups excluding tert-OH is 12. The topological polar surface area (TPSA) is 546 Å². The lowest BCUT2D eigenvalue weighted by Gasteiger charge is -2.49. The summed E-state index contributed by atoms with van der Waals surface area (Å²) in [6, 6.07) is -9.82. The smallest absolute Gasteiger partial charge is 0.246 e. The second-order valence-electron chi connectivity index (χ2n) is 22.8. The van der Waals surface area contributed by atoms with E-state index >= 15 is 0 Å². The molecule has 0 bridgehead atoms. The van der Waals surface area contributed by atoms with Crippen LogP contribution in [0.15, 0.2) is 0 Å². The van der Waals surface area contributed by atoms with Crippen LogP contribution < -0.4 is 32.3 Å². The third-order valence-corrected chi connectivity index (χ3v) is 16.3. The molecule has 27 atom stereocenters. The zero-order valence-electron chi connectivity index (χ0n) is 49.2. The van der Waals surface area contributed by atoms with E-state index in [0.29, 0.717) is 12.8 Å². The largest absolute Gasteiger partial charge is 0.396 e. The van der Waals surface area contributed by atoms with Crippen LogP contribution in [0.4, 0.5) is 0 Å². The van der Waals surface area contributed by atoms with Gasteiger partial charge in [-0.05, 0) is 46.5 Å². The minimum atomic E-state index is -2.12. The average molecular weight is 1270 g/mol. The molecule has 6 rings (SSSR count). The van der Waals surface area contributed by atoms with Gasteiger partial charge in [0.1, 0.15) is 128 Å². The van der Waals surface area contributed by atoms with Gasteiger partial charge in [0.25, 0.3) is 0 Å². The van der Waals surface area contributed by atoms with Crippen molar-refractivity contribution in [3.05, 3.63) is 0 Å². The van der Waals surface area contributed by atoms with Crippen LogP contribution in [0, 0.1) is 5.92 Å². The van der Waals surface area contributed by atoms with Gasteiger partial charge in [-0.2, -0.15) is 0 Å². The minimum absolute atomic E-state index is 0.0586. The third kappa shape index (κ3) is 16.7. The standard InChI is InChI=1S/C52H86N8O28/c1-18(13-61)44(76)58-30(46(78)55-20(3)47(79)60-12-8-10-25(60)48(80)59-11-7-9-24(59)45(77)54-19(2)43(53)75)21(4)82-50-32(57-23(6)66)42(88-52-40(74)38(72)34(68)27(15-63)84-52)35(69)29(86-50)17-81-49-31(56-22(5)65)36(70)41(28(16-64)85-49)87-51-39(73)37(71)33(67)26(14-62)83-51/h18-21,24-42,49-52,61-64,67-74H,7-17H2,1-6H3,(H2,53,75)(H,54,77)(H,55,78)(H,56,65)(H,57,66)(H,58,76)/t18?,19?,20?,21?,24?,25?,26?,27?,28?,29?,30?,31?,32?,33-,34-,35-,36+,37-,38-,39?,40?,41-,42+,49+,50+,51-,52-/m0/s1. The average Bonchev–Trinajstić information content (AvgIpc) is 3.27. The second-order valence-corrected chi connectivity index (χ2v) is 22.8. The first-order valence-electron chi connectivity index (χ1n) is 28.9. The Bertz CT molecular complexity index is 2400. The van der Waals surface area contributed by atoms with Crippen LogP contribution in [0.2, 0.25) is 0 Å². The SMILES string of the molecule is CC(=O)NC1[C@H](OCC2O[C@@H](OC(C)C(NC(=O)C(C)CO)C(=O)NC(C)C(=O)N3CCCC3C(=O)N3CCCC3C(=O)NC(C)C(N)=O)C(NC(C)=O)[C@@H](O[C@@H]3OC(CO)[C@H](O)[C@H](O)C3O)[C@H]2O)OC(CO)[C@H](O[C@@H]2OC(CO)[C@H](O)[C@H](O)C2O)[C@@H]1O. The quantitative estimate of drug-likeness (QED) is 0.0404. The number of hydrogen-bond donors (Lipinski definition) is 18. The number of primary amides is 1. The fourth-order valence-corrected chi connectivity index (χ4v) is 11.2. The summed E-state index contributed by atoms with van der Waals surface area (Å²) in [5, 5.41) is 140. The van der Waals surface area contributed by atoms with Crippen LogP contribution in [-0.4, -0.2) is 323 Å². The summed E-state index contributed by atoms with van der Waals surface area (Å²) in [7, 11) is 0. The van der Waals surface area contributed by atoms with Crippen LogP contribution in [-0.2, 0) is 76.3 Å². The Labute approximate surface area is 504 Å². The number of ether oxygens (including phenoxy) is 8. The van der Waals surface area contributed by atoms with E-state index in [-0.39, 0.29) is 25.9 Å². The Morgan fingerprint density at radius 1 is 0.545 bits per heavy atom. The fourth-order valence-electron chi connectivity index (χ4n) is 11.2. The fraction of sp³-hybridized carbons (Fsp3) is 0.846. The Morgan fingerprint density at radius 3 is 1.59 bits per heavy atom. The Kier molecular flexibility index (Phi) is 26.0. The molecule has 19 N–H and O–H groups in total. The highest BCUT2D eigenvalue weighted by Gasteiger charge is 2.56. The first-order valence-corrected chi connectivity index (χ1v) is 28.9. The molecule has 0 aliphatic carbocycles. The molecule has 0 radical (unpaired) electrons. The Hall–Kier alpha value is -5.04. The normalized spacial score (nSPS) is 37.8. The lowest BCUT2D eigenvalue weighted by atomic mass is 9.94. The van der Waals surface area contributed by atoms with Crippen molar-refractivity contribution in [2.45, 2.75) is 226 Å². The maximum atomic E-state index is 14.6. The van der Waals surface area contributed by atoms with Crippen LogP contribution in [0.1, 0.15) is 67.2 Å². The van der Waals surface area contributed by atoms with Crippen LogP contribution in [0.3, 0.4) is 0 Å². The third-order valence-electron chi connectivity index (χ3n) is 16.3. The number of nitrogens with two attached hydrogens (primary N) is 1. The van der Waals surface area contributed by atoms with E-state index in [1.54, 1.807) is 0 Å². The molecule has 6 aliphatic rings. The van der Waals surface area contributed by atoms with Crippen molar-refractivity contribution in [1.29, 1.82) is 0 Å². The lowest BCUT2D eigenvalue weighted by Crippen LogP contribution is -2.69. The van der Waals surface area contributed by atoms with Gasteiger partial charge in [-0.15, -0.1) is 0 Å². The summed E-state index contributed by atoms with van der Waals surface area (Å²) >= 11 is 0. The van der Waals surface area contributed by atoms with Crippen molar-refractivity contribution >= 4 is 47.3 Å². The Morgan fingerprint density at radius 2 is 1.06 bits per heavy atom. The molecule has 0 saturated carbocycles. The summed E-state index contributed by atoms with van der Waals surface area (Å²) in [6.45, 7) is 3.09. The number of nitrogens with zero attached hydrogens (tertiary/aromatic N) is 2. The lowest BCUT2D eigenvalue weighted by molar-refractivity contribution is -0.359. The molecule has 6 heterocycles. The van der Waals surface area contributed by atoms with E-state index in [9.17, 15) is 99.6 Å². The van der Waals surface area contributed by atoms with Gasteiger partial charge in [-0.3, -0.25) is 38.4 Å². The number of aliphatic hydroxyl groups is 12. The molecular formula is C52H86N8O28. The van der Waals surface area contributed by atoms with E-state index in [2.05, 4.69) is 26.6 Å². The number of amides is 8. The zero-order valence-corrected chi connectivity index (χ0v) is 49.2. The number of hydrogen-bond acceptors (Lipinski definition) is 28. The van der Waals surface area contributed by atoms with Crippen molar-refractivity contribution in [3.63, 3.8) is 0 Å². The molecule has 6 aliphatic heterocycles. The highest BCUT2D eigenvalue weighted by molar-refractivity contribution is 5.97. The van der Waals surface area contributed by atoms with Gasteiger partial charge in [0, 0.05) is 26.9 Å². The number of nitrogens with one attached hydrogen (secondary N) is 5. The van der Waals surface area contributed by atoms with Gasteiger partial charge in [0.15, 0.2) is 25.2 Å². The minimum Gasteiger partial charge on any atom is -0.396 e. The van der Waals surface area contributed by atoms with Crippen LogP contribution in [0.25, 0.3) is 0 Å². The molecule has 0 aromatic carbocycles. The molecule has 15 unspecified atom stereocenters. The van der Waals surface area contributed by atoms with E-state index in [1.807, 2.05) is 0 Å². The molecule has 6 saturated heterocycles. The molecule has 0 spiro atoms. The predicted molar refractivity (Wildman–Crippen MR) is 287 cm³/mol. The highest BCUT2D eigenvalue weighted by Crippen LogP contribution is 2.34. The van der Waals surface area contributed by atoms with E-state index in [4.69, 9.17) is 43.6 Å². The van der Waals surface area contributed by atoms with E-state index < -0.39 is 245 Å². The number of likely N-dealkylation sites (tertiary alicyclic amines) is 2. The number of rotatable bonds is 25.